The number of anilines is 1. The maximum Gasteiger partial charge on any atom is 0.269 e. The van der Waals surface area contributed by atoms with Gasteiger partial charge in [0.2, 0.25) is 0 Å². The van der Waals surface area contributed by atoms with E-state index < -0.39 is 4.92 Å². The van der Waals surface area contributed by atoms with Crippen LogP contribution in [-0.2, 0) is 0 Å². The molecule has 0 aliphatic rings. The topological polar surface area (TPSA) is 92.5 Å². The van der Waals surface area contributed by atoms with Crippen molar-refractivity contribution in [3.05, 3.63) is 63.7 Å². The molecule has 0 radical (unpaired) electrons. The third-order valence-electron chi connectivity index (χ3n) is 2.80. The van der Waals surface area contributed by atoms with Crippen LogP contribution in [0.4, 0.5) is 11.4 Å². The summed E-state index contributed by atoms with van der Waals surface area (Å²) in [5.74, 6) is -0.246. The highest BCUT2D eigenvalue weighted by molar-refractivity contribution is 6.04. The fourth-order valence-electron chi connectivity index (χ4n) is 1.72. The molecule has 1 amide bonds. The summed E-state index contributed by atoms with van der Waals surface area (Å²) in [5, 5.41) is 22.5. The number of nitrogens with one attached hydrogen (secondary N) is 1. The van der Waals surface area contributed by atoms with Crippen LogP contribution in [0.3, 0.4) is 0 Å². The monoisotopic (exact) mass is 272 g/mol. The minimum absolute atomic E-state index is 0.0673. The van der Waals surface area contributed by atoms with Crippen LogP contribution in [0.2, 0.25) is 0 Å². The fourth-order valence-corrected chi connectivity index (χ4v) is 1.72. The SMILES string of the molecule is Cc1cc(O)ccc1NC(=O)c1ccc([N+](=O)[O-])cc1. The smallest absolute Gasteiger partial charge is 0.269 e. The summed E-state index contributed by atoms with van der Waals surface area (Å²) in [5.41, 5.74) is 1.55. The van der Waals surface area contributed by atoms with E-state index in [0.717, 1.165) is 5.56 Å². The summed E-state index contributed by atoms with van der Waals surface area (Å²) < 4.78 is 0. The molecule has 2 N–H and O–H groups in total. The molecule has 0 fully saturated rings. The van der Waals surface area contributed by atoms with Crippen molar-refractivity contribution in [1.82, 2.24) is 0 Å². The van der Waals surface area contributed by atoms with Crippen LogP contribution >= 0.6 is 0 Å². The fraction of sp³-hybridized carbons (Fsp3) is 0.0714. The average molecular weight is 272 g/mol. The van der Waals surface area contributed by atoms with Crippen LogP contribution in [0.25, 0.3) is 0 Å². The van der Waals surface area contributed by atoms with Gasteiger partial charge in [-0.15, -0.1) is 0 Å². The van der Waals surface area contributed by atoms with E-state index in [-0.39, 0.29) is 17.3 Å². The largest absolute Gasteiger partial charge is 0.508 e. The Hall–Kier alpha value is -2.89. The standard InChI is InChI=1S/C14H12N2O4/c1-9-8-12(17)6-7-13(9)15-14(18)10-2-4-11(5-3-10)16(19)20/h2-8,17H,1H3,(H,15,18). The predicted molar refractivity (Wildman–Crippen MR) is 73.9 cm³/mol. The van der Waals surface area contributed by atoms with Crippen molar-refractivity contribution >= 4 is 17.3 Å². The molecule has 0 spiro atoms. The molecule has 0 aliphatic heterocycles. The Kier molecular flexibility index (Phi) is 3.65. The van der Waals surface area contributed by atoms with Gasteiger partial charge in [-0.05, 0) is 42.8 Å². The van der Waals surface area contributed by atoms with Crippen molar-refractivity contribution in [1.29, 1.82) is 0 Å². The van der Waals surface area contributed by atoms with Crippen molar-refractivity contribution < 1.29 is 14.8 Å². The van der Waals surface area contributed by atoms with Gasteiger partial charge >= 0.3 is 0 Å². The molecule has 0 unspecified atom stereocenters. The molecule has 0 aliphatic carbocycles. The lowest BCUT2D eigenvalue weighted by Gasteiger charge is -2.08. The second-order valence-electron chi connectivity index (χ2n) is 4.26. The van der Waals surface area contributed by atoms with Crippen LogP contribution in [0.5, 0.6) is 5.75 Å². The van der Waals surface area contributed by atoms with Gasteiger partial charge in [0.15, 0.2) is 0 Å². The zero-order valence-corrected chi connectivity index (χ0v) is 10.7. The first kappa shape index (κ1) is 13.5. The highest BCUT2D eigenvalue weighted by Crippen LogP contribution is 2.21. The van der Waals surface area contributed by atoms with E-state index in [1.54, 1.807) is 13.0 Å². The summed E-state index contributed by atoms with van der Waals surface area (Å²) >= 11 is 0. The molecule has 0 aromatic heterocycles. The van der Waals surface area contributed by atoms with Crippen LogP contribution in [0, 0.1) is 17.0 Å². The second-order valence-corrected chi connectivity index (χ2v) is 4.26. The number of hydrogen-bond acceptors (Lipinski definition) is 4. The van der Waals surface area contributed by atoms with Crippen LogP contribution in [0.15, 0.2) is 42.5 Å². The van der Waals surface area contributed by atoms with E-state index in [0.29, 0.717) is 11.3 Å². The number of rotatable bonds is 3. The molecule has 2 rings (SSSR count). The number of carbonyl (C=O) groups excluding carboxylic acids is 1. The summed E-state index contributed by atoms with van der Waals surface area (Å²) in [4.78, 5) is 22.0. The lowest BCUT2D eigenvalue weighted by Crippen LogP contribution is -2.12. The maximum absolute atomic E-state index is 12.0. The van der Waals surface area contributed by atoms with Gasteiger partial charge in [-0.1, -0.05) is 0 Å². The average Bonchev–Trinajstić information content (AvgIpc) is 2.42. The number of benzene rings is 2. The zero-order chi connectivity index (χ0) is 14.7. The molecule has 2 aromatic carbocycles. The van der Waals surface area contributed by atoms with Gasteiger partial charge in [0.1, 0.15) is 5.75 Å². The van der Waals surface area contributed by atoms with Crippen molar-refractivity contribution in [2.24, 2.45) is 0 Å². The highest BCUT2D eigenvalue weighted by Gasteiger charge is 2.10. The molecule has 0 bridgehead atoms. The number of aryl methyl sites for hydroxylation is 1. The van der Waals surface area contributed by atoms with Crippen LogP contribution in [-0.4, -0.2) is 15.9 Å². The maximum atomic E-state index is 12.0. The Morgan fingerprint density at radius 2 is 1.85 bits per heavy atom. The van der Waals surface area contributed by atoms with E-state index in [1.165, 1.54) is 36.4 Å². The van der Waals surface area contributed by atoms with Gasteiger partial charge in [-0.2, -0.15) is 0 Å². The zero-order valence-electron chi connectivity index (χ0n) is 10.7. The molecule has 2 aromatic rings. The third kappa shape index (κ3) is 2.92. The Morgan fingerprint density at radius 3 is 2.40 bits per heavy atom. The van der Waals surface area contributed by atoms with Gasteiger partial charge < -0.3 is 10.4 Å². The first-order chi connectivity index (χ1) is 9.47. The summed E-state index contributed by atoms with van der Waals surface area (Å²) in [6.07, 6.45) is 0. The molecule has 0 heterocycles. The molecule has 0 saturated carbocycles. The number of amides is 1. The summed E-state index contributed by atoms with van der Waals surface area (Å²) in [6, 6.07) is 9.93. The number of carbonyl (C=O) groups is 1. The molecule has 6 heteroatoms. The van der Waals surface area contributed by atoms with Crippen LogP contribution in [0.1, 0.15) is 15.9 Å². The van der Waals surface area contributed by atoms with E-state index in [4.69, 9.17) is 0 Å². The van der Waals surface area contributed by atoms with Crippen LogP contribution < -0.4 is 5.32 Å². The number of nitro benzene ring substituents is 1. The predicted octanol–water partition coefficient (Wildman–Crippen LogP) is 2.86. The number of hydrogen-bond donors (Lipinski definition) is 2. The number of nitro groups is 1. The highest BCUT2D eigenvalue weighted by atomic mass is 16.6. The van der Waals surface area contributed by atoms with Gasteiger partial charge in [-0.25, -0.2) is 0 Å². The normalized spacial score (nSPS) is 10.1. The molecule has 0 saturated heterocycles. The van der Waals surface area contributed by atoms with Crippen molar-refractivity contribution in [3.8, 4) is 5.75 Å². The quantitative estimate of drug-likeness (QED) is 0.510. The van der Waals surface area contributed by atoms with E-state index in [9.17, 15) is 20.0 Å². The Balaban J connectivity index is 2.17. The van der Waals surface area contributed by atoms with Gasteiger partial charge in [0, 0.05) is 23.4 Å². The Labute approximate surface area is 114 Å². The molecule has 0 atom stereocenters. The Morgan fingerprint density at radius 1 is 1.20 bits per heavy atom. The number of non-ortho nitro benzene ring substituents is 1. The summed E-state index contributed by atoms with van der Waals surface area (Å²) in [6.45, 7) is 1.76. The van der Waals surface area contributed by atoms with Crippen molar-refractivity contribution in [2.75, 3.05) is 5.32 Å². The van der Waals surface area contributed by atoms with Gasteiger partial charge in [0.25, 0.3) is 11.6 Å². The number of phenols is 1. The minimum atomic E-state index is -0.522. The van der Waals surface area contributed by atoms with E-state index in [1.807, 2.05) is 0 Å². The van der Waals surface area contributed by atoms with Gasteiger partial charge in [0.05, 0.1) is 4.92 Å². The van der Waals surface area contributed by atoms with Gasteiger partial charge in [-0.3, -0.25) is 14.9 Å². The third-order valence-corrected chi connectivity index (χ3v) is 2.80. The summed E-state index contributed by atoms with van der Waals surface area (Å²) in [7, 11) is 0. The molecule has 6 nitrogen and oxygen atoms in total. The molecule has 102 valence electrons. The molecule has 20 heavy (non-hydrogen) atoms. The minimum Gasteiger partial charge on any atom is -0.508 e. The Bertz CT molecular complexity index is 665. The first-order valence-corrected chi connectivity index (χ1v) is 5.83. The van der Waals surface area contributed by atoms with E-state index >= 15 is 0 Å². The first-order valence-electron chi connectivity index (χ1n) is 5.83. The van der Waals surface area contributed by atoms with Crippen molar-refractivity contribution in [2.45, 2.75) is 6.92 Å². The number of phenolic OH excluding ortho intramolecular Hbond substituents is 1. The number of nitrogens with zero attached hydrogens (tertiary/aromatic N) is 1. The van der Waals surface area contributed by atoms with Crippen molar-refractivity contribution in [3.63, 3.8) is 0 Å². The lowest BCUT2D eigenvalue weighted by molar-refractivity contribution is -0.384. The number of aromatic hydroxyl groups is 1. The lowest BCUT2D eigenvalue weighted by atomic mass is 10.1. The molecular weight excluding hydrogens is 260 g/mol. The second kappa shape index (κ2) is 5.40. The molecular formula is C14H12N2O4. The van der Waals surface area contributed by atoms with E-state index in [2.05, 4.69) is 5.32 Å².